The average molecular weight is 525 g/mol. The van der Waals surface area contributed by atoms with Crippen molar-refractivity contribution in [1.29, 1.82) is 5.26 Å². The van der Waals surface area contributed by atoms with Crippen molar-refractivity contribution < 1.29 is 14.3 Å². The maximum Gasteiger partial charge on any atom is 0.327 e. The third-order valence-corrected chi connectivity index (χ3v) is 5.68. The molecule has 0 saturated carbocycles. The van der Waals surface area contributed by atoms with Gasteiger partial charge < -0.3 is 20.1 Å². The molecule has 9 nitrogen and oxygen atoms in total. The van der Waals surface area contributed by atoms with Gasteiger partial charge in [0, 0.05) is 17.9 Å². The number of aromatic nitrogens is 3. The van der Waals surface area contributed by atoms with Crippen LogP contribution < -0.4 is 15.4 Å². The summed E-state index contributed by atoms with van der Waals surface area (Å²) in [6, 6.07) is 15.4. The average Bonchev–Trinajstić information content (AvgIpc) is 3.21. The number of benzene rings is 2. The monoisotopic (exact) mass is 524 g/mol. The zero-order valence-electron chi connectivity index (χ0n) is 20.0. The van der Waals surface area contributed by atoms with Crippen LogP contribution in [0.5, 0.6) is 5.75 Å². The Hall–Kier alpha value is -3.88. The molecule has 1 aromatic heterocycles. The van der Waals surface area contributed by atoms with E-state index < -0.39 is 11.9 Å². The first-order valence-corrected chi connectivity index (χ1v) is 12.2. The summed E-state index contributed by atoms with van der Waals surface area (Å²) in [6.45, 7) is 4.99. The van der Waals surface area contributed by atoms with Crippen LogP contribution in [0.2, 0.25) is 0 Å². The van der Waals surface area contributed by atoms with Gasteiger partial charge in [0.2, 0.25) is 0 Å². The highest BCUT2D eigenvalue weighted by atomic mass is 32.1. The highest BCUT2D eigenvalue weighted by molar-refractivity contribution is 7.72. The molecule has 0 bridgehead atoms. The summed E-state index contributed by atoms with van der Waals surface area (Å²) in [5.74, 6) is -0.776. The molecule has 0 radical (unpaired) electrons. The fraction of sp³-hybridized carbons (Fsp3) is 0.280. The minimum absolute atomic E-state index is 0.239. The number of hydrogen-bond donors (Lipinski definition) is 4. The number of H-pyrrole nitrogens is 2. The molecule has 0 saturated heterocycles. The number of allylic oxidation sites excluding steroid dienone is 1. The molecule has 0 aliphatic carbocycles. The van der Waals surface area contributed by atoms with Crippen molar-refractivity contribution in [2.75, 3.05) is 30.5 Å². The quantitative estimate of drug-likeness (QED) is 0.109. The van der Waals surface area contributed by atoms with Crippen LogP contribution in [0, 0.1) is 26.8 Å². The van der Waals surface area contributed by atoms with Crippen LogP contribution in [0.3, 0.4) is 0 Å². The Bertz CT molecular complexity index is 1320. The molecular weight excluding hydrogens is 496 g/mol. The van der Waals surface area contributed by atoms with E-state index in [0.717, 1.165) is 29.2 Å². The third-order valence-electron chi connectivity index (χ3n) is 5.11. The minimum Gasteiger partial charge on any atom is -0.473 e. The molecule has 4 N–H and O–H groups in total. The number of anilines is 2. The lowest BCUT2D eigenvalue weighted by Crippen LogP contribution is -2.14. The Kier molecular flexibility index (Phi) is 9.85. The van der Waals surface area contributed by atoms with E-state index in [-0.39, 0.29) is 13.3 Å². The second-order valence-corrected chi connectivity index (χ2v) is 8.32. The zero-order valence-corrected chi connectivity index (χ0v) is 21.7. The van der Waals surface area contributed by atoms with Gasteiger partial charge in [0.15, 0.2) is 22.2 Å². The molecule has 0 aliphatic rings. The predicted octanol–water partition coefficient (Wildman–Crippen LogP) is 5.27. The molecule has 3 aromatic rings. The normalized spacial score (nSPS) is 11.6. The molecule has 0 aliphatic heterocycles. The van der Waals surface area contributed by atoms with E-state index in [1.165, 1.54) is 0 Å². The van der Waals surface area contributed by atoms with Crippen LogP contribution >= 0.6 is 24.4 Å². The van der Waals surface area contributed by atoms with E-state index >= 15 is 0 Å². The fourth-order valence-corrected chi connectivity index (χ4v) is 3.96. The van der Waals surface area contributed by atoms with Gasteiger partial charge in [0.05, 0.1) is 18.4 Å². The second kappa shape index (κ2) is 13.3. The SMILES string of the molecule is CCNc1ccc(OCNc2ccc(-n3c(=S)[nH][nH]c3=S)cc2)cc1CC=CC(C#N)C(=O)OCC. The van der Waals surface area contributed by atoms with Crippen LogP contribution in [-0.4, -0.2) is 40.6 Å². The smallest absolute Gasteiger partial charge is 0.327 e. The molecular formula is C25H28N6O3S2. The Morgan fingerprint density at radius 1 is 1.14 bits per heavy atom. The van der Waals surface area contributed by atoms with Crippen molar-refractivity contribution in [3.8, 4) is 17.5 Å². The lowest BCUT2D eigenvalue weighted by molar-refractivity contribution is -0.144. The van der Waals surface area contributed by atoms with E-state index in [4.69, 9.17) is 33.9 Å². The molecule has 11 heteroatoms. The third kappa shape index (κ3) is 7.07. The Morgan fingerprint density at radius 3 is 2.50 bits per heavy atom. The van der Waals surface area contributed by atoms with Gasteiger partial charge in [-0.25, -0.2) is 0 Å². The lowest BCUT2D eigenvalue weighted by Gasteiger charge is -2.14. The number of nitrogens with zero attached hydrogens (tertiary/aromatic N) is 2. The summed E-state index contributed by atoms with van der Waals surface area (Å²) in [4.78, 5) is 11.8. The number of nitrogens with one attached hydrogen (secondary N) is 4. The maximum absolute atomic E-state index is 11.8. The van der Waals surface area contributed by atoms with Gasteiger partial charge >= 0.3 is 5.97 Å². The van der Waals surface area contributed by atoms with Gasteiger partial charge in [0.1, 0.15) is 5.75 Å². The van der Waals surface area contributed by atoms with Crippen molar-refractivity contribution in [1.82, 2.24) is 14.8 Å². The van der Waals surface area contributed by atoms with E-state index in [0.29, 0.717) is 21.7 Å². The number of aromatic amines is 2. The topological polar surface area (TPSA) is 120 Å². The number of hydrogen-bond acceptors (Lipinski definition) is 8. The number of rotatable bonds is 12. The molecule has 188 valence electrons. The summed E-state index contributed by atoms with van der Waals surface area (Å²) >= 11 is 10.5. The number of carbonyl (C=O) groups excluding carboxylic acids is 1. The fourth-order valence-electron chi connectivity index (χ4n) is 3.41. The standard InChI is InChI=1S/C25H28N6O3S2/c1-3-27-22-13-12-21(14-17(22)6-5-7-18(15-26)23(32)33-4-2)34-16-28-19-8-10-20(11-9-19)31-24(35)29-30-25(31)36/h5,7-14,18,27-28H,3-4,6,16H2,1-2H3,(H,29,35)(H,30,36). The van der Waals surface area contributed by atoms with Gasteiger partial charge in [-0.05, 0) is 92.7 Å². The maximum atomic E-state index is 11.8. The Balaban J connectivity index is 1.62. The minimum atomic E-state index is -0.924. The van der Waals surface area contributed by atoms with Crippen LogP contribution in [0.25, 0.3) is 5.69 Å². The highest BCUT2D eigenvalue weighted by Crippen LogP contribution is 2.24. The van der Waals surface area contributed by atoms with Gasteiger partial charge in [0.25, 0.3) is 0 Å². The number of esters is 1. The van der Waals surface area contributed by atoms with Gasteiger partial charge in [-0.2, -0.15) is 5.26 Å². The molecule has 0 fully saturated rings. The molecule has 36 heavy (non-hydrogen) atoms. The van der Waals surface area contributed by atoms with E-state index in [2.05, 4.69) is 20.8 Å². The zero-order chi connectivity index (χ0) is 25.9. The summed E-state index contributed by atoms with van der Waals surface area (Å²) in [6.07, 6.45) is 3.89. The lowest BCUT2D eigenvalue weighted by atomic mass is 10.1. The number of nitriles is 1. The highest BCUT2D eigenvalue weighted by Gasteiger charge is 2.15. The summed E-state index contributed by atoms with van der Waals surface area (Å²) in [5.41, 5.74) is 3.68. The second-order valence-electron chi connectivity index (χ2n) is 7.55. The van der Waals surface area contributed by atoms with Crippen LogP contribution in [0.4, 0.5) is 11.4 Å². The molecule has 1 heterocycles. The van der Waals surface area contributed by atoms with Gasteiger partial charge in [-0.15, -0.1) is 0 Å². The predicted molar refractivity (Wildman–Crippen MR) is 144 cm³/mol. The van der Waals surface area contributed by atoms with E-state index in [1.807, 2.05) is 55.5 Å². The first kappa shape index (κ1) is 26.7. The number of ether oxygens (including phenoxy) is 2. The van der Waals surface area contributed by atoms with Crippen molar-refractivity contribution in [2.45, 2.75) is 20.3 Å². The van der Waals surface area contributed by atoms with E-state index in [1.54, 1.807) is 23.6 Å². The Morgan fingerprint density at radius 2 is 1.86 bits per heavy atom. The summed E-state index contributed by atoms with van der Waals surface area (Å²) in [7, 11) is 0. The molecule has 0 amide bonds. The van der Waals surface area contributed by atoms with Crippen molar-refractivity contribution in [3.63, 3.8) is 0 Å². The largest absolute Gasteiger partial charge is 0.473 e. The first-order valence-electron chi connectivity index (χ1n) is 11.4. The Labute approximate surface area is 219 Å². The molecule has 3 rings (SSSR count). The van der Waals surface area contributed by atoms with Crippen molar-refractivity contribution >= 4 is 41.8 Å². The number of carbonyl (C=O) groups is 1. The van der Waals surface area contributed by atoms with Crippen LogP contribution in [-0.2, 0) is 16.0 Å². The molecule has 0 spiro atoms. The summed E-state index contributed by atoms with van der Waals surface area (Å²) < 4.78 is 13.6. The van der Waals surface area contributed by atoms with Crippen LogP contribution in [0.15, 0.2) is 54.6 Å². The van der Waals surface area contributed by atoms with E-state index in [9.17, 15) is 10.1 Å². The van der Waals surface area contributed by atoms with Crippen LogP contribution in [0.1, 0.15) is 19.4 Å². The van der Waals surface area contributed by atoms with Gasteiger partial charge in [-0.3, -0.25) is 19.6 Å². The summed E-state index contributed by atoms with van der Waals surface area (Å²) in [5, 5.41) is 21.4. The van der Waals surface area contributed by atoms with Crippen molar-refractivity contribution in [2.24, 2.45) is 5.92 Å². The first-order chi connectivity index (χ1) is 17.5. The molecule has 1 unspecified atom stereocenters. The van der Waals surface area contributed by atoms with Crippen molar-refractivity contribution in [3.05, 3.63) is 69.7 Å². The molecule has 2 aromatic carbocycles. The van der Waals surface area contributed by atoms with Gasteiger partial charge in [-0.1, -0.05) is 12.2 Å². The molecule has 1 atom stereocenters.